The first-order valence-corrected chi connectivity index (χ1v) is 9.83. The largest absolute Gasteiger partial charge is 0.346 e. The van der Waals surface area contributed by atoms with E-state index in [-0.39, 0.29) is 23.9 Å². The molecule has 2 aromatic heterocycles. The van der Waals surface area contributed by atoms with Crippen LogP contribution in [-0.4, -0.2) is 41.9 Å². The van der Waals surface area contributed by atoms with Gasteiger partial charge in [0.2, 0.25) is 5.91 Å². The lowest BCUT2D eigenvalue weighted by atomic mass is 9.99. The van der Waals surface area contributed by atoms with Crippen LogP contribution in [0.1, 0.15) is 34.5 Å². The van der Waals surface area contributed by atoms with Gasteiger partial charge in [0.05, 0.1) is 11.7 Å². The SMILES string of the molecule is C[C@@H]1C(=O)N(C)c2ccc(N3C(=O)c4ccccc4C3c3cccnc3)nc2N1C. The monoisotopic (exact) mass is 399 g/mol. The number of rotatable bonds is 2. The van der Waals surface area contributed by atoms with Crippen LogP contribution < -0.4 is 14.7 Å². The fourth-order valence-electron chi connectivity index (χ4n) is 4.25. The molecule has 1 aromatic carbocycles. The summed E-state index contributed by atoms with van der Waals surface area (Å²) >= 11 is 0. The predicted molar refractivity (Wildman–Crippen MR) is 115 cm³/mol. The molecule has 1 unspecified atom stereocenters. The lowest BCUT2D eigenvalue weighted by Gasteiger charge is -2.37. The quantitative estimate of drug-likeness (QED) is 0.663. The summed E-state index contributed by atoms with van der Waals surface area (Å²) in [5.74, 6) is 1.14. The van der Waals surface area contributed by atoms with Gasteiger partial charge in [0.15, 0.2) is 5.82 Å². The molecule has 0 aliphatic carbocycles. The van der Waals surface area contributed by atoms with Gasteiger partial charge in [-0.3, -0.25) is 19.5 Å². The molecule has 7 heteroatoms. The summed E-state index contributed by atoms with van der Waals surface area (Å²) in [4.78, 5) is 40.1. The number of pyridine rings is 2. The zero-order valence-corrected chi connectivity index (χ0v) is 17.0. The third-order valence-corrected chi connectivity index (χ3v) is 6.01. The normalized spacial score (nSPS) is 20.4. The van der Waals surface area contributed by atoms with Crippen molar-refractivity contribution in [1.29, 1.82) is 0 Å². The molecule has 30 heavy (non-hydrogen) atoms. The standard InChI is InChI=1S/C23H21N5O2/c1-14-22(29)27(3)18-10-11-19(25-21(18)26(14)2)28-20(15-7-6-12-24-13-15)16-8-4-5-9-17(16)23(28)30/h4-14,20H,1-3H3/t14-,20?/m1/s1. The van der Waals surface area contributed by atoms with E-state index in [2.05, 4.69) is 4.98 Å². The highest BCUT2D eigenvalue weighted by Gasteiger charge is 2.40. The Bertz CT molecular complexity index is 1160. The second kappa shape index (κ2) is 6.66. The molecular weight excluding hydrogens is 378 g/mol. The Morgan fingerprint density at radius 1 is 0.967 bits per heavy atom. The van der Waals surface area contributed by atoms with Gasteiger partial charge < -0.3 is 9.80 Å². The van der Waals surface area contributed by atoms with Gasteiger partial charge in [-0.1, -0.05) is 24.3 Å². The van der Waals surface area contributed by atoms with Crippen molar-refractivity contribution in [2.24, 2.45) is 0 Å². The topological polar surface area (TPSA) is 69.6 Å². The van der Waals surface area contributed by atoms with Gasteiger partial charge in [0, 0.05) is 32.1 Å². The van der Waals surface area contributed by atoms with E-state index in [1.54, 1.807) is 35.3 Å². The lowest BCUT2D eigenvalue weighted by Crippen LogP contribution is -2.49. The molecule has 0 saturated carbocycles. The van der Waals surface area contributed by atoms with Gasteiger partial charge in [-0.2, -0.15) is 0 Å². The molecule has 150 valence electrons. The van der Waals surface area contributed by atoms with E-state index in [9.17, 15) is 9.59 Å². The Kier molecular flexibility index (Phi) is 4.06. The molecule has 0 bridgehead atoms. The van der Waals surface area contributed by atoms with E-state index in [0.717, 1.165) is 16.8 Å². The molecule has 3 aromatic rings. The highest BCUT2D eigenvalue weighted by molar-refractivity contribution is 6.11. The summed E-state index contributed by atoms with van der Waals surface area (Å²) in [5, 5.41) is 0. The first-order chi connectivity index (χ1) is 14.5. The second-order valence-corrected chi connectivity index (χ2v) is 7.65. The minimum Gasteiger partial charge on any atom is -0.346 e. The average molecular weight is 399 g/mol. The third-order valence-electron chi connectivity index (χ3n) is 6.01. The summed E-state index contributed by atoms with van der Waals surface area (Å²) in [5.41, 5.74) is 3.25. The molecule has 0 spiro atoms. The number of amides is 2. The summed E-state index contributed by atoms with van der Waals surface area (Å²) in [6.45, 7) is 1.85. The smallest absolute Gasteiger partial charge is 0.260 e. The molecule has 2 aliphatic rings. The minimum atomic E-state index is -0.328. The van der Waals surface area contributed by atoms with Crippen molar-refractivity contribution in [3.63, 3.8) is 0 Å². The van der Waals surface area contributed by atoms with Crippen LogP contribution in [0.15, 0.2) is 60.9 Å². The summed E-state index contributed by atoms with van der Waals surface area (Å²) in [6, 6.07) is 14.5. The number of carbonyl (C=O) groups is 2. The number of anilines is 3. The molecule has 7 nitrogen and oxygen atoms in total. The number of hydrogen-bond acceptors (Lipinski definition) is 5. The molecule has 5 rings (SSSR count). The maximum Gasteiger partial charge on any atom is 0.260 e. The van der Waals surface area contributed by atoms with E-state index < -0.39 is 0 Å². The number of aromatic nitrogens is 2. The van der Waals surface area contributed by atoms with Crippen LogP contribution in [0.25, 0.3) is 0 Å². The van der Waals surface area contributed by atoms with E-state index in [4.69, 9.17) is 4.98 Å². The second-order valence-electron chi connectivity index (χ2n) is 7.65. The van der Waals surface area contributed by atoms with Crippen molar-refractivity contribution in [1.82, 2.24) is 9.97 Å². The van der Waals surface area contributed by atoms with Crippen molar-refractivity contribution < 1.29 is 9.59 Å². The van der Waals surface area contributed by atoms with Crippen LogP contribution in [0.4, 0.5) is 17.3 Å². The molecule has 2 amide bonds. The molecule has 0 saturated heterocycles. The van der Waals surface area contributed by atoms with E-state index in [1.807, 2.05) is 61.3 Å². The van der Waals surface area contributed by atoms with Crippen molar-refractivity contribution in [3.8, 4) is 0 Å². The van der Waals surface area contributed by atoms with Gasteiger partial charge in [-0.05, 0) is 42.3 Å². The number of nitrogens with zero attached hydrogens (tertiary/aromatic N) is 5. The number of likely N-dealkylation sites (N-methyl/N-ethyl adjacent to an activating group) is 2. The predicted octanol–water partition coefficient (Wildman–Crippen LogP) is 3.03. The zero-order chi connectivity index (χ0) is 21.0. The third kappa shape index (κ3) is 2.51. The Morgan fingerprint density at radius 3 is 2.53 bits per heavy atom. The van der Waals surface area contributed by atoms with Crippen LogP contribution >= 0.6 is 0 Å². The Labute approximate surface area is 174 Å². The van der Waals surface area contributed by atoms with Crippen molar-refractivity contribution in [2.75, 3.05) is 28.8 Å². The Balaban J connectivity index is 1.67. The number of benzene rings is 1. The van der Waals surface area contributed by atoms with Gasteiger partial charge >= 0.3 is 0 Å². The fraction of sp³-hybridized carbons (Fsp3) is 0.217. The molecular formula is C23H21N5O2. The molecule has 0 N–H and O–H groups in total. The average Bonchev–Trinajstić information content (AvgIpc) is 3.09. The molecule has 2 aliphatic heterocycles. The number of fused-ring (bicyclic) bond motifs is 2. The van der Waals surface area contributed by atoms with Crippen LogP contribution in [0.5, 0.6) is 0 Å². The fourth-order valence-corrected chi connectivity index (χ4v) is 4.25. The van der Waals surface area contributed by atoms with Crippen LogP contribution in [0.2, 0.25) is 0 Å². The molecule has 0 radical (unpaired) electrons. The first kappa shape index (κ1) is 18.3. The highest BCUT2D eigenvalue weighted by atomic mass is 16.2. The first-order valence-electron chi connectivity index (χ1n) is 9.83. The maximum absolute atomic E-state index is 13.4. The van der Waals surface area contributed by atoms with E-state index in [1.165, 1.54) is 0 Å². The maximum atomic E-state index is 13.4. The minimum absolute atomic E-state index is 0.0115. The lowest BCUT2D eigenvalue weighted by molar-refractivity contribution is -0.119. The number of carbonyl (C=O) groups excluding carboxylic acids is 2. The summed E-state index contributed by atoms with van der Waals surface area (Å²) in [6.07, 6.45) is 3.50. The zero-order valence-electron chi connectivity index (χ0n) is 17.0. The Hall–Kier alpha value is -3.74. The van der Waals surface area contributed by atoms with E-state index in [0.29, 0.717) is 17.2 Å². The van der Waals surface area contributed by atoms with Crippen molar-refractivity contribution in [2.45, 2.75) is 19.0 Å². The van der Waals surface area contributed by atoms with Crippen LogP contribution in [0.3, 0.4) is 0 Å². The van der Waals surface area contributed by atoms with Gasteiger partial charge in [-0.25, -0.2) is 4.98 Å². The summed E-state index contributed by atoms with van der Waals surface area (Å²) in [7, 11) is 3.60. The molecule has 0 fully saturated rings. The number of hydrogen-bond donors (Lipinski definition) is 0. The molecule has 4 heterocycles. The highest BCUT2D eigenvalue weighted by Crippen LogP contribution is 2.42. The Morgan fingerprint density at radius 2 is 1.77 bits per heavy atom. The van der Waals surface area contributed by atoms with Crippen molar-refractivity contribution in [3.05, 3.63) is 77.6 Å². The van der Waals surface area contributed by atoms with Crippen molar-refractivity contribution >= 4 is 29.1 Å². The summed E-state index contributed by atoms with van der Waals surface area (Å²) < 4.78 is 0. The van der Waals surface area contributed by atoms with Crippen LogP contribution in [0, 0.1) is 0 Å². The van der Waals surface area contributed by atoms with Gasteiger partial charge in [0.1, 0.15) is 11.9 Å². The van der Waals surface area contributed by atoms with E-state index >= 15 is 0 Å². The van der Waals surface area contributed by atoms with Gasteiger partial charge in [-0.15, -0.1) is 0 Å². The van der Waals surface area contributed by atoms with Crippen LogP contribution in [-0.2, 0) is 4.79 Å². The van der Waals surface area contributed by atoms with Gasteiger partial charge in [0.25, 0.3) is 5.91 Å². The molecule has 2 atom stereocenters.